The molecule has 6 aromatic rings. The van der Waals surface area contributed by atoms with Crippen LogP contribution in [0, 0.1) is 0 Å². The van der Waals surface area contributed by atoms with Crippen molar-refractivity contribution < 1.29 is 42.9 Å². The molecule has 2 unspecified atom stereocenters. The van der Waals surface area contributed by atoms with Crippen molar-refractivity contribution in [2.24, 2.45) is 0 Å². The molecule has 5 amide bonds. The molecule has 6 heterocycles. The number of aromatic nitrogens is 7. The number of hydrogen-bond donors (Lipinski definition) is 3. The SMILES string of the molecule is Nc1ncnc2c1c(-c1ccc(Oc3ccccc3)cc1)nn2C1CCCN(C(=O)c2cnnn2CCOCCOCCOCCNc2cccc3c2C(=O)N(C2CCC(=O)NC2=O)C3=O)C1. The highest BCUT2D eigenvalue weighted by atomic mass is 16.5. The third kappa shape index (κ3) is 9.69. The van der Waals surface area contributed by atoms with E-state index in [0.717, 1.165) is 29.1 Å². The van der Waals surface area contributed by atoms with Gasteiger partial charge in [0.1, 0.15) is 41.1 Å². The zero-order chi connectivity index (χ0) is 46.3. The molecule has 4 N–H and O–H groups in total. The number of piperidine rings is 2. The summed E-state index contributed by atoms with van der Waals surface area (Å²) in [5.41, 5.74) is 9.68. The summed E-state index contributed by atoms with van der Waals surface area (Å²) in [5.74, 6) is -0.694. The van der Waals surface area contributed by atoms with E-state index in [-0.39, 0.29) is 42.5 Å². The lowest BCUT2D eigenvalue weighted by molar-refractivity contribution is -0.136. The molecule has 346 valence electrons. The average molecular weight is 913 g/mol. The number of carbonyl (C=O) groups is 5. The number of nitrogens with zero attached hydrogens (tertiary/aromatic N) is 9. The highest BCUT2D eigenvalue weighted by Gasteiger charge is 2.45. The van der Waals surface area contributed by atoms with Crippen LogP contribution in [0.4, 0.5) is 11.5 Å². The van der Waals surface area contributed by atoms with Gasteiger partial charge in [-0.3, -0.25) is 34.2 Å². The van der Waals surface area contributed by atoms with Crippen molar-refractivity contribution in [3.63, 3.8) is 0 Å². The third-order valence-electron chi connectivity index (χ3n) is 11.7. The molecule has 0 bridgehead atoms. The first-order valence-corrected chi connectivity index (χ1v) is 22.1. The van der Waals surface area contributed by atoms with Crippen LogP contribution in [0.1, 0.15) is 62.9 Å². The van der Waals surface area contributed by atoms with E-state index in [4.69, 9.17) is 29.8 Å². The molecule has 0 aliphatic carbocycles. The molecule has 2 atom stereocenters. The number of fused-ring (bicyclic) bond motifs is 2. The van der Waals surface area contributed by atoms with Gasteiger partial charge in [-0.25, -0.2) is 19.3 Å². The van der Waals surface area contributed by atoms with Crippen LogP contribution >= 0.6 is 0 Å². The Morgan fingerprint density at radius 1 is 0.836 bits per heavy atom. The number of imide groups is 2. The number of carbonyl (C=O) groups excluding carboxylic acids is 5. The first-order chi connectivity index (χ1) is 32.7. The van der Waals surface area contributed by atoms with Gasteiger partial charge in [-0.1, -0.05) is 29.5 Å². The van der Waals surface area contributed by atoms with Crippen LogP contribution in [0.3, 0.4) is 0 Å². The second-order valence-electron chi connectivity index (χ2n) is 16.0. The molecule has 9 rings (SSSR count). The Balaban J connectivity index is 0.697. The van der Waals surface area contributed by atoms with Crippen LogP contribution in [0.5, 0.6) is 11.5 Å². The van der Waals surface area contributed by atoms with Crippen molar-refractivity contribution in [1.29, 1.82) is 0 Å². The molecule has 0 saturated carbocycles. The van der Waals surface area contributed by atoms with Gasteiger partial charge in [-0.05, 0) is 67.8 Å². The van der Waals surface area contributed by atoms with Crippen LogP contribution in [0.25, 0.3) is 22.3 Å². The second kappa shape index (κ2) is 20.3. The van der Waals surface area contributed by atoms with Crippen molar-refractivity contribution >= 4 is 52.1 Å². The first-order valence-electron chi connectivity index (χ1n) is 22.1. The molecule has 2 fully saturated rings. The van der Waals surface area contributed by atoms with E-state index in [1.165, 1.54) is 12.5 Å². The fourth-order valence-electron chi connectivity index (χ4n) is 8.46. The van der Waals surface area contributed by atoms with Crippen LogP contribution in [0.2, 0.25) is 0 Å². The summed E-state index contributed by atoms with van der Waals surface area (Å²) in [6.07, 6.45) is 4.56. The number of amides is 5. The first kappa shape index (κ1) is 44.6. The fraction of sp³-hybridized carbons (Fsp3) is 0.348. The molecule has 0 radical (unpaired) electrons. The van der Waals surface area contributed by atoms with Crippen molar-refractivity contribution in [3.8, 4) is 22.8 Å². The van der Waals surface area contributed by atoms with E-state index in [2.05, 4.69) is 30.9 Å². The van der Waals surface area contributed by atoms with Gasteiger partial charge in [0.05, 0.1) is 74.9 Å². The summed E-state index contributed by atoms with van der Waals surface area (Å²) in [7, 11) is 0. The number of hydrogen-bond acceptors (Lipinski definition) is 16. The molecule has 3 aliphatic heterocycles. The summed E-state index contributed by atoms with van der Waals surface area (Å²) in [4.78, 5) is 75.8. The van der Waals surface area contributed by atoms with E-state index < -0.39 is 29.7 Å². The molecule has 21 heteroatoms. The number of likely N-dealkylation sites (tertiary alicyclic amines) is 1. The summed E-state index contributed by atoms with van der Waals surface area (Å²) in [6, 6.07) is 20.8. The zero-order valence-corrected chi connectivity index (χ0v) is 36.4. The summed E-state index contributed by atoms with van der Waals surface area (Å²) >= 11 is 0. The highest BCUT2D eigenvalue weighted by Crippen LogP contribution is 2.36. The number of nitrogen functional groups attached to an aromatic ring is 1. The van der Waals surface area contributed by atoms with Crippen LogP contribution < -0.4 is 21.1 Å². The van der Waals surface area contributed by atoms with E-state index in [9.17, 15) is 24.0 Å². The molecule has 21 nitrogen and oxygen atoms in total. The average Bonchev–Trinajstić information content (AvgIpc) is 4.05. The van der Waals surface area contributed by atoms with Gasteiger partial charge in [0.2, 0.25) is 11.8 Å². The molecular formula is C46H48N12O9. The number of nitrogens with two attached hydrogens (primary N) is 1. The molecule has 3 aromatic carbocycles. The van der Waals surface area contributed by atoms with E-state index in [1.807, 2.05) is 59.3 Å². The molecule has 3 aromatic heterocycles. The zero-order valence-electron chi connectivity index (χ0n) is 36.4. The Morgan fingerprint density at radius 2 is 1.60 bits per heavy atom. The van der Waals surface area contributed by atoms with Crippen molar-refractivity contribution in [3.05, 3.63) is 102 Å². The van der Waals surface area contributed by atoms with Crippen molar-refractivity contribution in [2.75, 3.05) is 70.3 Å². The lowest BCUT2D eigenvalue weighted by Crippen LogP contribution is -2.54. The maximum atomic E-state index is 13.9. The number of nitrogens with one attached hydrogen (secondary N) is 2. The highest BCUT2D eigenvalue weighted by molar-refractivity contribution is 6.25. The largest absolute Gasteiger partial charge is 0.457 e. The Labute approximate surface area is 383 Å². The molecular weight excluding hydrogens is 865 g/mol. The summed E-state index contributed by atoms with van der Waals surface area (Å²) < 4.78 is 26.5. The Kier molecular flexibility index (Phi) is 13.5. The Hall–Kier alpha value is -7.62. The number of ether oxygens (including phenoxy) is 4. The van der Waals surface area contributed by atoms with Gasteiger partial charge in [-0.15, -0.1) is 5.10 Å². The van der Waals surface area contributed by atoms with Crippen molar-refractivity contribution in [2.45, 2.75) is 44.3 Å². The second-order valence-corrected chi connectivity index (χ2v) is 16.0. The minimum atomic E-state index is -1.03. The number of benzene rings is 3. The van der Waals surface area contributed by atoms with Gasteiger partial charge >= 0.3 is 0 Å². The van der Waals surface area contributed by atoms with E-state index in [1.54, 1.807) is 27.8 Å². The molecule has 67 heavy (non-hydrogen) atoms. The Morgan fingerprint density at radius 3 is 2.39 bits per heavy atom. The van der Waals surface area contributed by atoms with Gasteiger partial charge < -0.3 is 34.9 Å². The van der Waals surface area contributed by atoms with Gasteiger partial charge in [-0.2, -0.15) is 5.10 Å². The third-order valence-corrected chi connectivity index (χ3v) is 11.7. The van der Waals surface area contributed by atoms with Crippen molar-refractivity contribution in [1.82, 2.24) is 49.9 Å². The maximum absolute atomic E-state index is 13.9. The predicted molar refractivity (Wildman–Crippen MR) is 240 cm³/mol. The summed E-state index contributed by atoms with van der Waals surface area (Å²) in [5, 5.41) is 19.2. The van der Waals surface area contributed by atoms with Crippen LogP contribution in [-0.2, 0) is 30.3 Å². The smallest absolute Gasteiger partial charge is 0.273 e. The van der Waals surface area contributed by atoms with Gasteiger partial charge in [0, 0.05) is 37.3 Å². The number of para-hydroxylation sites is 1. The lowest BCUT2D eigenvalue weighted by Gasteiger charge is -2.32. The van der Waals surface area contributed by atoms with Gasteiger partial charge in [0.15, 0.2) is 5.65 Å². The molecule has 0 spiro atoms. The predicted octanol–water partition coefficient (Wildman–Crippen LogP) is 3.50. The van der Waals surface area contributed by atoms with E-state index in [0.29, 0.717) is 98.9 Å². The van der Waals surface area contributed by atoms with Crippen LogP contribution in [0.15, 0.2) is 85.3 Å². The fourth-order valence-corrected chi connectivity index (χ4v) is 8.46. The van der Waals surface area contributed by atoms with Gasteiger partial charge in [0.25, 0.3) is 17.7 Å². The minimum Gasteiger partial charge on any atom is -0.457 e. The normalized spacial score (nSPS) is 17.3. The molecule has 2 saturated heterocycles. The Bertz CT molecular complexity index is 2780. The topological polar surface area (TPSA) is 253 Å². The summed E-state index contributed by atoms with van der Waals surface area (Å²) in [6.45, 7) is 3.47. The number of anilines is 2. The molecule has 3 aliphatic rings. The van der Waals surface area contributed by atoms with Crippen LogP contribution in [-0.4, -0.2) is 139 Å². The number of rotatable bonds is 19. The standard InChI is InChI=1S/C46H48N12O9/c47-41-39-40(29-11-13-32(14-12-29)67-31-7-2-1-3-8-31)53-58(42(39)50-28-49-41)30-6-5-18-55(27-30)45(62)36-26-51-54-56(36)19-21-65-23-25-66-24-22-64-20-17-48-34-10-4-9-33-38(34)46(63)57(44(33)61)35-15-16-37(59)52-43(35)60/h1-4,7-14,26,28,30,35,48H,5-6,15-25,27H2,(H2,47,49,50)(H,52,59,60). The lowest BCUT2D eigenvalue weighted by atomic mass is 10.0. The quantitative estimate of drug-likeness (QED) is 0.0777. The minimum absolute atomic E-state index is 0.0487. The maximum Gasteiger partial charge on any atom is 0.273 e. The van der Waals surface area contributed by atoms with E-state index >= 15 is 0 Å². The monoisotopic (exact) mass is 912 g/mol.